The average molecular weight is 737 g/mol. The van der Waals surface area contributed by atoms with Crippen LogP contribution in [0.15, 0.2) is 35.3 Å². The van der Waals surface area contributed by atoms with Gasteiger partial charge in [0, 0.05) is 57.5 Å². The molecule has 53 heavy (non-hydrogen) atoms. The van der Waals surface area contributed by atoms with Gasteiger partial charge in [0.2, 0.25) is 5.91 Å². The van der Waals surface area contributed by atoms with Crippen LogP contribution in [-0.4, -0.2) is 110 Å². The third kappa shape index (κ3) is 10.7. The maximum Gasteiger partial charge on any atom is 0.408 e. The highest BCUT2D eigenvalue weighted by Crippen LogP contribution is 2.29. The van der Waals surface area contributed by atoms with Crippen LogP contribution in [-0.2, 0) is 27.2 Å². The zero-order chi connectivity index (χ0) is 38.7. The summed E-state index contributed by atoms with van der Waals surface area (Å²) >= 11 is 0. The summed E-state index contributed by atoms with van der Waals surface area (Å²) in [4.78, 5) is 73.6. The van der Waals surface area contributed by atoms with Gasteiger partial charge in [-0.1, -0.05) is 6.07 Å². The predicted molar refractivity (Wildman–Crippen MR) is 200 cm³/mol. The Balaban J connectivity index is 1.10. The molecule has 3 heterocycles. The van der Waals surface area contributed by atoms with Crippen LogP contribution < -0.4 is 21.6 Å². The van der Waals surface area contributed by atoms with Crippen molar-refractivity contribution in [1.82, 2.24) is 34.9 Å². The SMILES string of the molecule is CC(C)(C)OC(=O)NC1CCC(N2CCc3cc(-n4ccc(NC(=O)N5CCN(C(=O)C(C)(C)NC(=O)OC(C)(C)C)CC5)nc4=O)ccc3C2)CC1. The number of amides is 5. The molecule has 1 aliphatic carbocycles. The summed E-state index contributed by atoms with van der Waals surface area (Å²) in [6.07, 6.45) is 5.33. The number of nitrogens with zero attached hydrogens (tertiary/aromatic N) is 5. The van der Waals surface area contributed by atoms with Crippen molar-refractivity contribution in [3.05, 3.63) is 52.1 Å². The van der Waals surface area contributed by atoms with Crippen molar-refractivity contribution in [2.24, 2.45) is 0 Å². The zero-order valence-corrected chi connectivity index (χ0v) is 32.4. The fraction of sp³-hybridized carbons (Fsp3) is 0.632. The Hall–Kier alpha value is -4.66. The van der Waals surface area contributed by atoms with E-state index >= 15 is 0 Å². The minimum atomic E-state index is -1.19. The predicted octanol–water partition coefficient (Wildman–Crippen LogP) is 4.41. The molecule has 0 spiro atoms. The maximum atomic E-state index is 13.2. The summed E-state index contributed by atoms with van der Waals surface area (Å²) in [5, 5.41) is 8.38. The van der Waals surface area contributed by atoms with Crippen molar-refractivity contribution >= 4 is 29.9 Å². The van der Waals surface area contributed by atoms with E-state index in [9.17, 15) is 24.0 Å². The highest BCUT2D eigenvalue weighted by atomic mass is 16.6. The number of piperazine rings is 1. The second-order valence-corrected chi connectivity index (χ2v) is 16.8. The minimum Gasteiger partial charge on any atom is -0.444 e. The molecule has 1 aromatic carbocycles. The van der Waals surface area contributed by atoms with E-state index < -0.39 is 34.6 Å². The molecule has 1 saturated heterocycles. The number of rotatable bonds is 6. The molecule has 15 heteroatoms. The molecule has 5 amide bonds. The Morgan fingerprint density at radius 2 is 1.40 bits per heavy atom. The number of ether oxygens (including phenoxy) is 2. The van der Waals surface area contributed by atoms with Crippen molar-refractivity contribution in [2.45, 2.75) is 123 Å². The van der Waals surface area contributed by atoms with Gasteiger partial charge in [0.1, 0.15) is 22.6 Å². The molecule has 0 unspecified atom stereocenters. The number of alkyl carbamates (subject to hydrolysis) is 2. The highest BCUT2D eigenvalue weighted by molar-refractivity contribution is 5.90. The number of carbonyl (C=O) groups is 4. The van der Waals surface area contributed by atoms with Crippen LogP contribution >= 0.6 is 0 Å². The number of benzene rings is 1. The highest BCUT2D eigenvalue weighted by Gasteiger charge is 2.37. The molecular weight excluding hydrogens is 680 g/mol. The Morgan fingerprint density at radius 3 is 2.02 bits per heavy atom. The van der Waals surface area contributed by atoms with Crippen molar-refractivity contribution in [3.63, 3.8) is 0 Å². The van der Waals surface area contributed by atoms with Gasteiger partial charge in [-0.25, -0.2) is 19.2 Å². The number of carbonyl (C=O) groups excluding carboxylic acids is 4. The largest absolute Gasteiger partial charge is 0.444 e. The lowest BCUT2D eigenvalue weighted by Crippen LogP contribution is -2.60. The van der Waals surface area contributed by atoms with Gasteiger partial charge in [-0.3, -0.25) is 19.6 Å². The van der Waals surface area contributed by atoms with Gasteiger partial charge < -0.3 is 29.9 Å². The molecule has 3 N–H and O–H groups in total. The van der Waals surface area contributed by atoms with Crippen LogP contribution in [0.2, 0.25) is 0 Å². The molecule has 2 aromatic rings. The van der Waals surface area contributed by atoms with Gasteiger partial charge in [0.15, 0.2) is 0 Å². The Labute approximate surface area is 311 Å². The average Bonchev–Trinajstić information content (AvgIpc) is 3.06. The number of hydrogen-bond acceptors (Lipinski definition) is 9. The van der Waals surface area contributed by atoms with Gasteiger partial charge in [0.05, 0.1) is 5.69 Å². The summed E-state index contributed by atoms with van der Waals surface area (Å²) in [6.45, 7) is 17.0. The van der Waals surface area contributed by atoms with E-state index in [-0.39, 0.29) is 50.0 Å². The van der Waals surface area contributed by atoms with Crippen LogP contribution in [0.1, 0.15) is 92.2 Å². The van der Waals surface area contributed by atoms with E-state index in [2.05, 4.69) is 31.9 Å². The van der Waals surface area contributed by atoms with E-state index in [0.29, 0.717) is 11.7 Å². The lowest BCUT2D eigenvalue weighted by atomic mass is 9.88. The second-order valence-electron chi connectivity index (χ2n) is 16.8. The van der Waals surface area contributed by atoms with Crippen molar-refractivity contribution in [2.75, 3.05) is 38.0 Å². The first-order valence-corrected chi connectivity index (χ1v) is 18.6. The maximum absolute atomic E-state index is 13.2. The number of anilines is 1. The molecule has 2 fully saturated rings. The number of nitrogens with one attached hydrogen (secondary N) is 3. The molecule has 0 radical (unpaired) electrons. The fourth-order valence-corrected chi connectivity index (χ4v) is 7.06. The van der Waals surface area contributed by atoms with Gasteiger partial charge in [-0.05, 0) is 117 Å². The Bertz CT molecular complexity index is 1730. The van der Waals surface area contributed by atoms with Crippen LogP contribution in [0.3, 0.4) is 0 Å². The molecule has 290 valence electrons. The third-order valence-electron chi connectivity index (χ3n) is 9.68. The number of hydrogen-bond donors (Lipinski definition) is 3. The van der Waals surface area contributed by atoms with E-state index in [1.54, 1.807) is 56.7 Å². The van der Waals surface area contributed by atoms with Crippen LogP contribution in [0.4, 0.5) is 20.2 Å². The molecule has 1 aromatic heterocycles. The zero-order valence-electron chi connectivity index (χ0n) is 32.4. The molecule has 2 aliphatic heterocycles. The molecule has 5 rings (SSSR count). The quantitative estimate of drug-likeness (QED) is 0.390. The Morgan fingerprint density at radius 1 is 0.774 bits per heavy atom. The van der Waals surface area contributed by atoms with Crippen molar-refractivity contribution in [3.8, 4) is 5.69 Å². The van der Waals surface area contributed by atoms with Gasteiger partial charge >= 0.3 is 23.9 Å². The third-order valence-corrected chi connectivity index (χ3v) is 9.68. The minimum absolute atomic E-state index is 0.135. The van der Waals surface area contributed by atoms with E-state index in [1.807, 2.05) is 32.9 Å². The van der Waals surface area contributed by atoms with Crippen LogP contribution in [0.5, 0.6) is 0 Å². The first kappa shape index (κ1) is 39.5. The number of aromatic nitrogens is 2. The smallest absolute Gasteiger partial charge is 0.408 e. The van der Waals surface area contributed by atoms with Gasteiger partial charge in [0.25, 0.3) is 0 Å². The monoisotopic (exact) mass is 736 g/mol. The number of fused-ring (bicyclic) bond motifs is 1. The summed E-state index contributed by atoms with van der Waals surface area (Å²) in [6, 6.07) is 7.82. The Kier molecular flexibility index (Phi) is 11.8. The fourth-order valence-electron chi connectivity index (χ4n) is 7.06. The van der Waals surface area contributed by atoms with Crippen molar-refractivity contribution in [1.29, 1.82) is 0 Å². The standard InChI is InChI=1S/C38H56N8O7/c1-36(2,3)52-34(50)39-27-10-13-28(14-11-27)45-17-15-25-23-29(12-9-26(25)24-45)46-18-16-30(41-33(46)49)40-32(48)44-21-19-43(20-22-44)31(47)38(7,8)42-35(51)53-37(4,5)6/h9,12,16,18,23,27-28H,10-11,13-15,17,19-22,24H2,1-8H3,(H,39,50)(H,42,51)(H,40,41,48,49). The van der Waals surface area contributed by atoms with Crippen LogP contribution in [0, 0.1) is 0 Å². The lowest BCUT2D eigenvalue weighted by Gasteiger charge is -2.39. The molecule has 15 nitrogen and oxygen atoms in total. The summed E-state index contributed by atoms with van der Waals surface area (Å²) in [5.74, 6) is -0.135. The summed E-state index contributed by atoms with van der Waals surface area (Å²) in [5.41, 5.74) is 0.248. The molecule has 3 aliphatic rings. The molecule has 1 saturated carbocycles. The molecule has 0 bridgehead atoms. The second kappa shape index (κ2) is 15.7. The van der Waals surface area contributed by atoms with Gasteiger partial charge in [-0.2, -0.15) is 4.98 Å². The van der Waals surface area contributed by atoms with E-state index in [0.717, 1.165) is 45.2 Å². The lowest BCUT2D eigenvalue weighted by molar-refractivity contribution is -0.138. The van der Waals surface area contributed by atoms with Gasteiger partial charge in [-0.15, -0.1) is 0 Å². The van der Waals surface area contributed by atoms with Crippen molar-refractivity contribution < 1.29 is 28.7 Å². The summed E-state index contributed by atoms with van der Waals surface area (Å²) < 4.78 is 12.2. The van der Waals surface area contributed by atoms with E-state index in [4.69, 9.17) is 9.47 Å². The first-order chi connectivity index (χ1) is 24.8. The first-order valence-electron chi connectivity index (χ1n) is 18.6. The summed E-state index contributed by atoms with van der Waals surface area (Å²) in [7, 11) is 0. The van der Waals surface area contributed by atoms with E-state index in [1.165, 1.54) is 15.7 Å². The molecule has 0 atom stereocenters. The molecular formula is C38H56N8O7. The topological polar surface area (TPSA) is 167 Å². The normalized spacial score (nSPS) is 19.8. The van der Waals surface area contributed by atoms with Crippen LogP contribution in [0.25, 0.3) is 5.69 Å². The number of urea groups is 1.